The lowest BCUT2D eigenvalue weighted by Crippen LogP contribution is -2.63. The number of urea groups is 1. The second-order valence-corrected chi connectivity index (χ2v) is 11.1. The molecule has 4 aliphatic rings. The van der Waals surface area contributed by atoms with E-state index in [1.54, 1.807) is 35.2 Å². The predicted molar refractivity (Wildman–Crippen MR) is 118 cm³/mol. The topological polar surface area (TPSA) is 117 Å². The lowest BCUT2D eigenvalue weighted by Gasteiger charge is -2.44. The zero-order chi connectivity index (χ0) is 23.1. The van der Waals surface area contributed by atoms with Crippen molar-refractivity contribution in [3.05, 3.63) is 30.3 Å². The monoisotopic (exact) mass is 478 g/mol. The minimum atomic E-state index is -3.59. The SMILES string of the molecule is O=C1CO[C@H]2CCN(C(=O)N3CCC4(CC3)C[C@@H](NS(=O)(=O)c3ccccc3)CO4)C[C@H]2N1. The van der Waals surface area contributed by atoms with Crippen LogP contribution < -0.4 is 10.0 Å². The molecule has 11 heteroatoms. The van der Waals surface area contributed by atoms with Crippen LogP contribution in [0.5, 0.6) is 0 Å². The molecule has 4 heterocycles. The summed E-state index contributed by atoms with van der Waals surface area (Å²) >= 11 is 0. The Morgan fingerprint density at radius 1 is 1.12 bits per heavy atom. The van der Waals surface area contributed by atoms with Gasteiger partial charge in [-0.15, -0.1) is 0 Å². The molecular formula is C22H30N4O6S. The van der Waals surface area contributed by atoms with Crippen LogP contribution in [0.4, 0.5) is 4.79 Å². The third-order valence-electron chi connectivity index (χ3n) is 7.12. The first-order chi connectivity index (χ1) is 15.8. The maximum absolute atomic E-state index is 13.1. The number of hydrogen-bond acceptors (Lipinski definition) is 6. The first-order valence-corrected chi connectivity index (χ1v) is 13.0. The number of nitrogens with one attached hydrogen (secondary N) is 2. The Morgan fingerprint density at radius 2 is 1.88 bits per heavy atom. The third kappa shape index (κ3) is 4.72. The van der Waals surface area contributed by atoms with Crippen molar-refractivity contribution in [3.63, 3.8) is 0 Å². The smallest absolute Gasteiger partial charge is 0.320 e. The van der Waals surface area contributed by atoms with Gasteiger partial charge in [0, 0.05) is 32.2 Å². The molecule has 0 radical (unpaired) electrons. The van der Waals surface area contributed by atoms with Crippen molar-refractivity contribution in [2.75, 3.05) is 39.4 Å². The summed E-state index contributed by atoms with van der Waals surface area (Å²) in [6.45, 7) is 2.60. The highest BCUT2D eigenvalue weighted by molar-refractivity contribution is 7.89. The number of amides is 3. The Hall–Kier alpha value is -2.21. The second-order valence-electron chi connectivity index (χ2n) is 9.36. The first kappa shape index (κ1) is 22.6. The number of fused-ring (bicyclic) bond motifs is 1. The molecule has 4 saturated heterocycles. The molecule has 3 atom stereocenters. The van der Waals surface area contributed by atoms with E-state index in [0.717, 1.165) is 0 Å². The number of likely N-dealkylation sites (tertiary alicyclic amines) is 2. The summed E-state index contributed by atoms with van der Waals surface area (Å²) in [5, 5.41) is 2.93. The minimum Gasteiger partial charge on any atom is -0.373 e. The van der Waals surface area contributed by atoms with Gasteiger partial charge in [-0.05, 0) is 37.8 Å². The lowest BCUT2D eigenvalue weighted by molar-refractivity contribution is -0.139. The van der Waals surface area contributed by atoms with Gasteiger partial charge in [0.25, 0.3) is 0 Å². The van der Waals surface area contributed by atoms with Gasteiger partial charge >= 0.3 is 6.03 Å². The van der Waals surface area contributed by atoms with Gasteiger partial charge in [-0.2, -0.15) is 0 Å². The maximum atomic E-state index is 13.1. The molecule has 1 aromatic carbocycles. The van der Waals surface area contributed by atoms with Gasteiger partial charge in [-0.1, -0.05) is 18.2 Å². The fourth-order valence-corrected chi connectivity index (χ4v) is 6.58. The molecule has 0 bridgehead atoms. The van der Waals surface area contributed by atoms with Gasteiger partial charge in [0.1, 0.15) is 6.61 Å². The van der Waals surface area contributed by atoms with E-state index < -0.39 is 15.6 Å². The van der Waals surface area contributed by atoms with Crippen molar-refractivity contribution in [2.24, 2.45) is 0 Å². The summed E-state index contributed by atoms with van der Waals surface area (Å²) in [6, 6.07) is 7.86. The summed E-state index contributed by atoms with van der Waals surface area (Å²) in [5.74, 6) is -0.138. The van der Waals surface area contributed by atoms with Gasteiger partial charge < -0.3 is 24.6 Å². The van der Waals surface area contributed by atoms with Crippen molar-refractivity contribution in [3.8, 4) is 0 Å². The van der Waals surface area contributed by atoms with E-state index in [-0.39, 0.29) is 41.6 Å². The van der Waals surface area contributed by atoms with Crippen LogP contribution >= 0.6 is 0 Å². The molecule has 180 valence electrons. The van der Waals surface area contributed by atoms with E-state index in [0.29, 0.717) is 58.5 Å². The number of benzene rings is 1. The van der Waals surface area contributed by atoms with Crippen molar-refractivity contribution in [1.29, 1.82) is 0 Å². The van der Waals surface area contributed by atoms with Crippen LogP contribution in [-0.4, -0.2) is 93.3 Å². The third-order valence-corrected chi connectivity index (χ3v) is 8.66. The summed E-state index contributed by atoms with van der Waals surface area (Å²) in [7, 11) is -3.59. The van der Waals surface area contributed by atoms with Crippen LogP contribution in [0.25, 0.3) is 0 Å². The summed E-state index contributed by atoms with van der Waals surface area (Å²) in [5.41, 5.74) is -0.404. The van der Waals surface area contributed by atoms with E-state index in [4.69, 9.17) is 9.47 Å². The fourth-order valence-electron chi connectivity index (χ4n) is 5.33. The molecule has 5 rings (SSSR count). The number of piperidine rings is 2. The largest absolute Gasteiger partial charge is 0.373 e. The van der Waals surface area contributed by atoms with E-state index >= 15 is 0 Å². The fraction of sp³-hybridized carbons (Fsp3) is 0.636. The van der Waals surface area contributed by atoms with Crippen molar-refractivity contribution >= 4 is 22.0 Å². The molecule has 2 N–H and O–H groups in total. The molecule has 4 fully saturated rings. The normalized spacial score (nSPS) is 29.6. The number of nitrogens with zero attached hydrogens (tertiary/aromatic N) is 2. The number of morpholine rings is 1. The van der Waals surface area contributed by atoms with Crippen LogP contribution in [-0.2, 0) is 24.3 Å². The van der Waals surface area contributed by atoms with Crippen molar-refractivity contribution in [2.45, 2.75) is 54.4 Å². The molecule has 0 aliphatic carbocycles. The quantitative estimate of drug-likeness (QED) is 0.645. The summed E-state index contributed by atoms with van der Waals surface area (Å²) in [6.07, 6.45) is 2.61. The van der Waals surface area contributed by atoms with Gasteiger partial charge in [0.05, 0.1) is 29.2 Å². The van der Waals surface area contributed by atoms with Gasteiger partial charge in [0.2, 0.25) is 15.9 Å². The summed E-state index contributed by atoms with van der Waals surface area (Å²) in [4.78, 5) is 28.6. The molecule has 10 nitrogen and oxygen atoms in total. The van der Waals surface area contributed by atoms with E-state index in [1.165, 1.54) is 0 Å². The highest BCUT2D eigenvalue weighted by atomic mass is 32.2. The van der Waals surface area contributed by atoms with Crippen LogP contribution in [0.3, 0.4) is 0 Å². The highest BCUT2D eigenvalue weighted by Gasteiger charge is 2.45. The molecule has 1 spiro atoms. The van der Waals surface area contributed by atoms with E-state index in [2.05, 4.69) is 10.0 Å². The predicted octanol–water partition coefficient (Wildman–Crippen LogP) is 0.298. The zero-order valence-corrected chi connectivity index (χ0v) is 19.3. The van der Waals surface area contributed by atoms with Gasteiger partial charge in [-0.25, -0.2) is 17.9 Å². The number of ether oxygens (including phenoxy) is 2. The Morgan fingerprint density at radius 3 is 2.64 bits per heavy atom. The highest BCUT2D eigenvalue weighted by Crippen LogP contribution is 2.36. The molecule has 33 heavy (non-hydrogen) atoms. The minimum absolute atomic E-state index is 0.0255. The van der Waals surface area contributed by atoms with Crippen LogP contribution in [0.15, 0.2) is 35.2 Å². The summed E-state index contributed by atoms with van der Waals surface area (Å²) < 4.78 is 39.7. The van der Waals surface area contributed by atoms with Gasteiger partial charge in [-0.3, -0.25) is 4.79 Å². The molecular weight excluding hydrogens is 448 g/mol. The Labute approximate surface area is 193 Å². The van der Waals surface area contributed by atoms with Crippen molar-refractivity contribution < 1.29 is 27.5 Å². The standard InChI is InChI=1S/C22H30N4O6S/c27-20-15-31-19-6-9-26(13-18(19)23-20)21(28)25-10-7-22(8-11-25)12-16(14-32-22)24-33(29,30)17-4-2-1-3-5-17/h1-5,16,18-19,24H,6-15H2,(H,23,27)/t16-,18-,19+/m1/s1. The van der Waals surface area contributed by atoms with Crippen LogP contribution in [0.1, 0.15) is 25.7 Å². The average molecular weight is 479 g/mol. The van der Waals surface area contributed by atoms with E-state index in [1.807, 2.05) is 4.90 Å². The van der Waals surface area contributed by atoms with Crippen LogP contribution in [0, 0.1) is 0 Å². The van der Waals surface area contributed by atoms with Crippen molar-refractivity contribution in [1.82, 2.24) is 19.8 Å². The number of hydrogen-bond donors (Lipinski definition) is 2. The Balaban J connectivity index is 1.14. The zero-order valence-electron chi connectivity index (χ0n) is 18.4. The molecule has 4 aliphatic heterocycles. The number of rotatable bonds is 3. The number of sulfonamides is 1. The molecule has 0 saturated carbocycles. The Kier molecular flexibility index (Phi) is 6.06. The molecule has 0 unspecified atom stereocenters. The first-order valence-electron chi connectivity index (χ1n) is 11.5. The maximum Gasteiger partial charge on any atom is 0.320 e. The van der Waals surface area contributed by atoms with Crippen LogP contribution in [0.2, 0.25) is 0 Å². The average Bonchev–Trinajstić information content (AvgIpc) is 3.20. The molecule has 3 amide bonds. The lowest BCUT2D eigenvalue weighted by atomic mass is 9.87. The van der Waals surface area contributed by atoms with Gasteiger partial charge in [0.15, 0.2) is 0 Å². The number of carbonyl (C=O) groups excluding carboxylic acids is 2. The molecule has 0 aromatic heterocycles. The Bertz CT molecular complexity index is 995. The van der Waals surface area contributed by atoms with E-state index in [9.17, 15) is 18.0 Å². The second kappa shape index (κ2) is 8.86. The number of carbonyl (C=O) groups is 2. The molecule has 1 aromatic rings.